The fraction of sp³-hybridized carbons (Fsp3) is 0.176. The summed E-state index contributed by atoms with van der Waals surface area (Å²) in [5.74, 6) is -0.924. The first-order valence-corrected chi connectivity index (χ1v) is 7.75. The molecule has 1 amide bonds. The summed E-state index contributed by atoms with van der Waals surface area (Å²) < 4.78 is 10.0. The van der Waals surface area contributed by atoms with Crippen LogP contribution in [0.25, 0.3) is 0 Å². The molecule has 0 aliphatic rings. The standard InChI is InChI=1S/C17H15ClN2O6/c1-10-3-4-11(7-15(10)25-2)17(22)26-9-16(21)19-13-6-5-12(18)8-14(13)20(23)24/h3-8H,9H2,1-2H3,(H,19,21). The minimum atomic E-state index is -0.720. The van der Waals surface area contributed by atoms with Crippen molar-refractivity contribution in [1.82, 2.24) is 0 Å². The summed E-state index contributed by atoms with van der Waals surface area (Å²) >= 11 is 5.71. The molecule has 136 valence electrons. The number of aryl methyl sites for hydroxylation is 1. The number of benzene rings is 2. The monoisotopic (exact) mass is 378 g/mol. The molecule has 0 aliphatic heterocycles. The third-order valence-corrected chi connectivity index (χ3v) is 3.64. The summed E-state index contributed by atoms with van der Waals surface area (Å²) in [6.07, 6.45) is 0. The van der Waals surface area contributed by atoms with Crippen molar-refractivity contribution in [2.75, 3.05) is 19.0 Å². The molecule has 2 rings (SSSR count). The molecule has 9 heteroatoms. The van der Waals surface area contributed by atoms with Gasteiger partial charge in [0.1, 0.15) is 11.4 Å². The quantitative estimate of drug-likeness (QED) is 0.469. The fourth-order valence-electron chi connectivity index (χ4n) is 2.11. The number of rotatable bonds is 6. The van der Waals surface area contributed by atoms with Gasteiger partial charge in [0, 0.05) is 11.1 Å². The fourth-order valence-corrected chi connectivity index (χ4v) is 2.28. The van der Waals surface area contributed by atoms with E-state index < -0.39 is 23.4 Å². The van der Waals surface area contributed by atoms with Gasteiger partial charge in [0.15, 0.2) is 6.61 Å². The van der Waals surface area contributed by atoms with Gasteiger partial charge in [-0.15, -0.1) is 0 Å². The van der Waals surface area contributed by atoms with Gasteiger partial charge in [-0.1, -0.05) is 17.7 Å². The molecule has 0 aliphatic carbocycles. The van der Waals surface area contributed by atoms with Crippen molar-refractivity contribution in [2.24, 2.45) is 0 Å². The highest BCUT2D eigenvalue weighted by Gasteiger charge is 2.18. The molecule has 2 aromatic rings. The number of anilines is 1. The topological polar surface area (TPSA) is 108 Å². The molecule has 26 heavy (non-hydrogen) atoms. The predicted molar refractivity (Wildman–Crippen MR) is 94.7 cm³/mol. The van der Waals surface area contributed by atoms with Crippen LogP contribution in [0.4, 0.5) is 11.4 Å². The minimum absolute atomic E-state index is 0.0440. The van der Waals surface area contributed by atoms with Crippen LogP contribution in [0.2, 0.25) is 5.02 Å². The molecule has 0 bridgehead atoms. The SMILES string of the molecule is COc1cc(C(=O)OCC(=O)Nc2ccc(Cl)cc2[N+](=O)[O-])ccc1C. The molecule has 1 N–H and O–H groups in total. The second-order valence-electron chi connectivity index (χ2n) is 5.23. The number of halogens is 1. The number of nitrogens with zero attached hydrogens (tertiary/aromatic N) is 1. The van der Waals surface area contributed by atoms with Crippen molar-refractivity contribution in [1.29, 1.82) is 0 Å². The number of methoxy groups -OCH3 is 1. The van der Waals surface area contributed by atoms with Crippen molar-refractivity contribution in [3.8, 4) is 5.75 Å². The molecule has 8 nitrogen and oxygen atoms in total. The van der Waals surface area contributed by atoms with E-state index in [1.54, 1.807) is 12.1 Å². The zero-order valence-electron chi connectivity index (χ0n) is 13.9. The number of nitro benzene ring substituents is 1. The number of nitrogens with one attached hydrogen (secondary N) is 1. The van der Waals surface area contributed by atoms with Crippen molar-refractivity contribution in [2.45, 2.75) is 6.92 Å². The van der Waals surface area contributed by atoms with Crippen molar-refractivity contribution >= 4 is 34.9 Å². The van der Waals surface area contributed by atoms with Gasteiger partial charge in [-0.3, -0.25) is 14.9 Å². The second-order valence-corrected chi connectivity index (χ2v) is 5.66. The maximum absolute atomic E-state index is 12.0. The molecule has 0 spiro atoms. The number of hydrogen-bond donors (Lipinski definition) is 1. The van der Waals surface area contributed by atoms with Crippen molar-refractivity contribution in [3.63, 3.8) is 0 Å². The highest BCUT2D eigenvalue weighted by Crippen LogP contribution is 2.27. The van der Waals surface area contributed by atoms with E-state index in [2.05, 4.69) is 5.32 Å². The number of nitro groups is 1. The average Bonchev–Trinajstić information content (AvgIpc) is 2.61. The summed E-state index contributed by atoms with van der Waals surface area (Å²) in [4.78, 5) is 34.3. The number of amides is 1. The van der Waals surface area contributed by atoms with Crippen molar-refractivity contribution in [3.05, 3.63) is 62.7 Å². The Balaban J connectivity index is 2.01. The Morgan fingerprint density at radius 2 is 1.96 bits per heavy atom. The lowest BCUT2D eigenvalue weighted by molar-refractivity contribution is -0.383. The van der Waals surface area contributed by atoms with E-state index in [1.807, 2.05) is 6.92 Å². The first kappa shape index (κ1) is 19.2. The lowest BCUT2D eigenvalue weighted by Gasteiger charge is -2.09. The van der Waals surface area contributed by atoms with Crippen LogP contribution in [0.15, 0.2) is 36.4 Å². The van der Waals surface area contributed by atoms with Gasteiger partial charge in [0.05, 0.1) is 17.6 Å². The summed E-state index contributed by atoms with van der Waals surface area (Å²) in [5.41, 5.74) is 0.660. The van der Waals surface area contributed by atoms with Crippen LogP contribution in [-0.4, -0.2) is 30.5 Å². The van der Waals surface area contributed by atoms with Crippen LogP contribution < -0.4 is 10.1 Å². The number of carbonyl (C=O) groups is 2. The maximum Gasteiger partial charge on any atom is 0.338 e. The zero-order valence-corrected chi connectivity index (χ0v) is 14.7. The lowest BCUT2D eigenvalue weighted by atomic mass is 10.1. The summed E-state index contributed by atoms with van der Waals surface area (Å²) in [5, 5.41) is 13.5. The van der Waals surface area contributed by atoms with E-state index >= 15 is 0 Å². The third-order valence-electron chi connectivity index (χ3n) is 3.41. The van der Waals surface area contributed by atoms with E-state index in [0.717, 1.165) is 11.6 Å². The van der Waals surface area contributed by atoms with Crippen LogP contribution in [0, 0.1) is 17.0 Å². The van der Waals surface area contributed by atoms with E-state index in [-0.39, 0.29) is 22.0 Å². The second kappa shape index (κ2) is 8.30. The number of esters is 1. The molecule has 0 unspecified atom stereocenters. The van der Waals surface area contributed by atoms with E-state index in [4.69, 9.17) is 21.1 Å². The van der Waals surface area contributed by atoms with Gasteiger partial charge in [0.25, 0.3) is 11.6 Å². The van der Waals surface area contributed by atoms with E-state index in [0.29, 0.717) is 5.75 Å². The highest BCUT2D eigenvalue weighted by molar-refractivity contribution is 6.31. The predicted octanol–water partition coefficient (Wildman–Crippen LogP) is 3.36. The minimum Gasteiger partial charge on any atom is -0.496 e. The first-order valence-electron chi connectivity index (χ1n) is 7.37. The van der Waals surface area contributed by atoms with Crippen LogP contribution in [0.3, 0.4) is 0 Å². The largest absolute Gasteiger partial charge is 0.496 e. The number of ether oxygens (including phenoxy) is 2. The lowest BCUT2D eigenvalue weighted by Crippen LogP contribution is -2.21. The zero-order chi connectivity index (χ0) is 19.3. The van der Waals surface area contributed by atoms with Gasteiger partial charge in [-0.2, -0.15) is 0 Å². The first-order chi connectivity index (χ1) is 12.3. The summed E-state index contributed by atoms with van der Waals surface area (Å²) in [7, 11) is 1.48. The molecule has 0 atom stereocenters. The van der Waals surface area contributed by atoms with Crippen LogP contribution in [0.1, 0.15) is 15.9 Å². The summed E-state index contributed by atoms with van der Waals surface area (Å²) in [6, 6.07) is 8.54. The molecular weight excluding hydrogens is 364 g/mol. The summed E-state index contributed by atoms with van der Waals surface area (Å²) in [6.45, 7) is 1.22. The highest BCUT2D eigenvalue weighted by atomic mass is 35.5. The number of hydrogen-bond acceptors (Lipinski definition) is 6. The maximum atomic E-state index is 12.0. The van der Waals surface area contributed by atoms with Gasteiger partial charge in [-0.05, 0) is 36.8 Å². The molecule has 0 heterocycles. The average molecular weight is 379 g/mol. The molecular formula is C17H15ClN2O6. The smallest absolute Gasteiger partial charge is 0.338 e. The normalized spacial score (nSPS) is 10.1. The molecule has 0 radical (unpaired) electrons. The van der Waals surface area contributed by atoms with Crippen LogP contribution in [-0.2, 0) is 9.53 Å². The Hall–Kier alpha value is -3.13. The van der Waals surface area contributed by atoms with Crippen molar-refractivity contribution < 1.29 is 24.0 Å². The van der Waals surface area contributed by atoms with E-state index in [9.17, 15) is 19.7 Å². The van der Waals surface area contributed by atoms with Gasteiger partial charge < -0.3 is 14.8 Å². The Morgan fingerprint density at radius 3 is 2.62 bits per heavy atom. The van der Waals surface area contributed by atoms with E-state index in [1.165, 1.54) is 25.3 Å². The number of carbonyl (C=O) groups excluding carboxylic acids is 2. The Bertz CT molecular complexity index is 868. The van der Waals surface area contributed by atoms with Gasteiger partial charge >= 0.3 is 5.97 Å². The van der Waals surface area contributed by atoms with Gasteiger partial charge in [0.2, 0.25) is 0 Å². The molecule has 0 saturated heterocycles. The van der Waals surface area contributed by atoms with Gasteiger partial charge in [-0.25, -0.2) is 4.79 Å². The Morgan fingerprint density at radius 1 is 1.23 bits per heavy atom. The van der Waals surface area contributed by atoms with Crippen LogP contribution in [0.5, 0.6) is 5.75 Å². The Labute approximate surface area is 153 Å². The third kappa shape index (κ3) is 4.70. The van der Waals surface area contributed by atoms with Crippen LogP contribution >= 0.6 is 11.6 Å². The molecule has 0 saturated carbocycles. The Kier molecular flexibility index (Phi) is 6.13. The molecule has 0 aromatic heterocycles. The molecule has 2 aromatic carbocycles. The molecule has 0 fully saturated rings.